The number of carbonyl (C=O) groups is 2. The molecule has 0 aromatic heterocycles. The molecule has 2 aliphatic rings. The Labute approximate surface area is 139 Å². The van der Waals surface area contributed by atoms with Gasteiger partial charge in [-0.3, -0.25) is 19.5 Å². The van der Waals surface area contributed by atoms with Gasteiger partial charge < -0.3 is 5.11 Å². The molecule has 1 N–H and O–H groups in total. The van der Waals surface area contributed by atoms with Gasteiger partial charge in [-0.05, 0) is 31.4 Å². The highest BCUT2D eigenvalue weighted by atomic mass is 32.2. The van der Waals surface area contributed by atoms with Crippen LogP contribution < -0.4 is 4.90 Å². The molecule has 2 fully saturated rings. The van der Waals surface area contributed by atoms with Crippen molar-refractivity contribution < 1.29 is 14.7 Å². The second kappa shape index (κ2) is 6.74. The van der Waals surface area contributed by atoms with Gasteiger partial charge in [0.1, 0.15) is 5.25 Å². The van der Waals surface area contributed by atoms with E-state index in [1.165, 1.54) is 24.6 Å². The van der Waals surface area contributed by atoms with Crippen molar-refractivity contribution in [1.82, 2.24) is 0 Å². The normalized spacial score (nSPS) is 23.9. The fraction of sp³-hybridized carbons (Fsp3) is 0.471. The van der Waals surface area contributed by atoms with Gasteiger partial charge in [-0.1, -0.05) is 42.8 Å². The van der Waals surface area contributed by atoms with Crippen LogP contribution in [0, 0.1) is 6.92 Å². The summed E-state index contributed by atoms with van der Waals surface area (Å²) in [5, 5.41) is 9.11. The van der Waals surface area contributed by atoms with Crippen molar-refractivity contribution in [1.29, 1.82) is 0 Å². The molecule has 5 nitrogen and oxygen atoms in total. The van der Waals surface area contributed by atoms with Crippen LogP contribution in [0.4, 0.5) is 5.69 Å². The fourth-order valence-corrected chi connectivity index (χ4v) is 4.26. The number of rotatable bonds is 4. The Balaban J connectivity index is 1.95. The number of amides is 1. The number of hydrogen-bond donors (Lipinski definition) is 1. The molecule has 1 aliphatic carbocycles. The highest BCUT2D eigenvalue weighted by Gasteiger charge is 2.41. The average Bonchev–Trinajstić information content (AvgIpc) is 3.10. The molecule has 1 amide bonds. The minimum absolute atomic E-state index is 0.171. The molecule has 1 saturated heterocycles. The molecule has 122 valence electrons. The molecule has 0 spiro atoms. The molecule has 1 atom stereocenters. The maximum Gasteiger partial charge on any atom is 0.305 e. The van der Waals surface area contributed by atoms with Crippen LogP contribution in [0.1, 0.15) is 37.7 Å². The standard InChI is InChI=1S/C17H20N2O3S/c1-11-6-2-5-9-13(11)19-16(22)14(10-15(20)21)23-17(19)18-12-7-3-4-8-12/h2,5-6,9,12,14H,3-4,7-8,10H2,1H3,(H,20,21). The summed E-state index contributed by atoms with van der Waals surface area (Å²) in [4.78, 5) is 30.2. The maximum absolute atomic E-state index is 12.7. The minimum Gasteiger partial charge on any atom is -0.481 e. The smallest absolute Gasteiger partial charge is 0.305 e. The van der Waals surface area contributed by atoms with Gasteiger partial charge in [0.05, 0.1) is 18.2 Å². The topological polar surface area (TPSA) is 70.0 Å². The molecule has 1 saturated carbocycles. The number of amidine groups is 1. The van der Waals surface area contributed by atoms with E-state index in [1.54, 1.807) is 4.90 Å². The van der Waals surface area contributed by atoms with Crippen LogP contribution in [0.5, 0.6) is 0 Å². The molecule has 23 heavy (non-hydrogen) atoms. The predicted molar refractivity (Wildman–Crippen MR) is 92.0 cm³/mol. The summed E-state index contributed by atoms with van der Waals surface area (Å²) in [5.74, 6) is -1.13. The molecule has 1 aromatic carbocycles. The highest BCUT2D eigenvalue weighted by molar-refractivity contribution is 8.16. The third kappa shape index (κ3) is 3.42. The van der Waals surface area contributed by atoms with Crippen LogP contribution >= 0.6 is 11.8 Å². The maximum atomic E-state index is 12.7. The van der Waals surface area contributed by atoms with E-state index in [2.05, 4.69) is 0 Å². The average molecular weight is 332 g/mol. The first kappa shape index (κ1) is 16.1. The van der Waals surface area contributed by atoms with Crippen molar-refractivity contribution in [3.63, 3.8) is 0 Å². The van der Waals surface area contributed by atoms with Gasteiger partial charge in [-0.25, -0.2) is 0 Å². The zero-order valence-electron chi connectivity index (χ0n) is 13.1. The molecule has 1 aromatic rings. The van der Waals surface area contributed by atoms with E-state index in [0.29, 0.717) is 5.17 Å². The molecule has 1 unspecified atom stereocenters. The Bertz CT molecular complexity index is 653. The number of aliphatic imine (C=N–C) groups is 1. The van der Waals surface area contributed by atoms with Crippen molar-refractivity contribution in [3.05, 3.63) is 29.8 Å². The van der Waals surface area contributed by atoms with Gasteiger partial charge >= 0.3 is 5.97 Å². The number of aryl methyl sites for hydroxylation is 1. The molecule has 0 bridgehead atoms. The Morgan fingerprint density at radius 2 is 2.04 bits per heavy atom. The number of anilines is 1. The van der Waals surface area contributed by atoms with Gasteiger partial charge in [-0.2, -0.15) is 0 Å². The quantitative estimate of drug-likeness (QED) is 0.919. The fourth-order valence-electron chi connectivity index (χ4n) is 3.07. The first-order valence-corrected chi connectivity index (χ1v) is 8.80. The Hall–Kier alpha value is -1.82. The molecule has 1 heterocycles. The van der Waals surface area contributed by atoms with E-state index in [9.17, 15) is 9.59 Å². The van der Waals surface area contributed by atoms with Gasteiger partial charge in [0.15, 0.2) is 5.17 Å². The highest BCUT2D eigenvalue weighted by Crippen LogP contribution is 2.36. The number of thioether (sulfide) groups is 1. The Morgan fingerprint density at radius 1 is 1.35 bits per heavy atom. The second-order valence-electron chi connectivity index (χ2n) is 6.01. The van der Waals surface area contributed by atoms with Crippen LogP contribution in [0.15, 0.2) is 29.3 Å². The van der Waals surface area contributed by atoms with Crippen molar-refractivity contribution in [2.24, 2.45) is 4.99 Å². The van der Waals surface area contributed by atoms with Crippen LogP contribution in [0.2, 0.25) is 0 Å². The first-order valence-electron chi connectivity index (χ1n) is 7.92. The zero-order valence-corrected chi connectivity index (χ0v) is 13.9. The lowest BCUT2D eigenvalue weighted by Gasteiger charge is -2.19. The lowest BCUT2D eigenvalue weighted by Crippen LogP contribution is -2.33. The van der Waals surface area contributed by atoms with E-state index >= 15 is 0 Å². The predicted octanol–water partition coefficient (Wildman–Crippen LogP) is 3.22. The molecule has 0 radical (unpaired) electrons. The molecular formula is C17H20N2O3S. The summed E-state index contributed by atoms with van der Waals surface area (Å²) in [6.07, 6.45) is 4.26. The number of benzene rings is 1. The second-order valence-corrected chi connectivity index (χ2v) is 7.18. The van der Waals surface area contributed by atoms with Crippen molar-refractivity contribution in [2.45, 2.75) is 50.3 Å². The third-order valence-corrected chi connectivity index (χ3v) is 5.42. The van der Waals surface area contributed by atoms with Crippen molar-refractivity contribution in [2.75, 3.05) is 4.90 Å². The number of carboxylic acids is 1. The SMILES string of the molecule is Cc1ccccc1N1C(=O)C(CC(=O)O)SC1=NC1CCCC1. The van der Waals surface area contributed by atoms with E-state index < -0.39 is 11.2 Å². The van der Waals surface area contributed by atoms with Crippen LogP contribution in [0.25, 0.3) is 0 Å². The van der Waals surface area contributed by atoms with E-state index in [0.717, 1.165) is 24.1 Å². The Morgan fingerprint density at radius 3 is 2.70 bits per heavy atom. The first-order chi connectivity index (χ1) is 11.1. The third-order valence-electron chi connectivity index (χ3n) is 4.27. The van der Waals surface area contributed by atoms with Crippen LogP contribution in [-0.2, 0) is 9.59 Å². The summed E-state index contributed by atoms with van der Waals surface area (Å²) in [5.41, 5.74) is 1.78. The lowest BCUT2D eigenvalue weighted by molar-refractivity contribution is -0.138. The number of para-hydroxylation sites is 1. The van der Waals surface area contributed by atoms with Crippen molar-refractivity contribution in [3.8, 4) is 0 Å². The summed E-state index contributed by atoms with van der Waals surface area (Å²) in [6, 6.07) is 7.90. The van der Waals surface area contributed by atoms with Gasteiger partial charge in [0, 0.05) is 0 Å². The van der Waals surface area contributed by atoms with Gasteiger partial charge in [-0.15, -0.1) is 0 Å². The summed E-state index contributed by atoms with van der Waals surface area (Å²) >= 11 is 1.29. The van der Waals surface area contributed by atoms with Crippen molar-refractivity contribution >= 4 is 34.5 Å². The van der Waals surface area contributed by atoms with Gasteiger partial charge in [0.2, 0.25) is 5.91 Å². The van der Waals surface area contributed by atoms with Crippen LogP contribution in [-0.4, -0.2) is 33.4 Å². The largest absolute Gasteiger partial charge is 0.481 e. The molecule has 1 aliphatic heterocycles. The number of hydrogen-bond acceptors (Lipinski definition) is 4. The lowest BCUT2D eigenvalue weighted by atomic mass is 10.1. The van der Waals surface area contributed by atoms with E-state index in [-0.39, 0.29) is 18.4 Å². The summed E-state index contributed by atoms with van der Waals surface area (Å²) in [6.45, 7) is 1.95. The monoisotopic (exact) mass is 332 g/mol. The number of nitrogens with zero attached hydrogens (tertiary/aromatic N) is 2. The zero-order chi connectivity index (χ0) is 16.4. The van der Waals surface area contributed by atoms with Gasteiger partial charge in [0.25, 0.3) is 0 Å². The van der Waals surface area contributed by atoms with E-state index in [4.69, 9.17) is 10.1 Å². The molecule has 3 rings (SSSR count). The molecule has 6 heteroatoms. The Kier molecular flexibility index (Phi) is 4.71. The summed E-state index contributed by atoms with van der Waals surface area (Å²) in [7, 11) is 0. The number of carboxylic acid groups (broad SMARTS) is 1. The minimum atomic E-state index is -0.956. The van der Waals surface area contributed by atoms with Crippen LogP contribution in [0.3, 0.4) is 0 Å². The van der Waals surface area contributed by atoms with E-state index in [1.807, 2.05) is 31.2 Å². The molecular weight excluding hydrogens is 312 g/mol. The summed E-state index contributed by atoms with van der Waals surface area (Å²) < 4.78 is 0. The number of carbonyl (C=O) groups excluding carboxylic acids is 1. The number of aliphatic carboxylic acids is 1.